The number of amides is 1. The number of benzene rings is 3. The predicted octanol–water partition coefficient (Wildman–Crippen LogP) is 6.80. The number of halogens is 2. The molecule has 4 aromatic rings. The van der Waals surface area contributed by atoms with Crippen molar-refractivity contribution < 1.29 is 9.53 Å². The van der Waals surface area contributed by atoms with Crippen LogP contribution in [0.25, 0.3) is 6.08 Å². The minimum Gasteiger partial charge on any atom is -0.367 e. The van der Waals surface area contributed by atoms with Gasteiger partial charge in [-0.3, -0.25) is 4.79 Å². The molecular weight excluding hydrogens is 469 g/mol. The summed E-state index contributed by atoms with van der Waals surface area (Å²) in [7, 11) is 0. The zero-order chi connectivity index (χ0) is 23.8. The molecule has 1 atom stereocenters. The summed E-state index contributed by atoms with van der Waals surface area (Å²) < 4.78 is 8.20. The van der Waals surface area contributed by atoms with Gasteiger partial charge in [-0.05, 0) is 41.5 Å². The molecule has 1 aromatic heterocycles. The van der Waals surface area contributed by atoms with Crippen LogP contribution in [0.5, 0.6) is 0 Å². The first-order valence-electron chi connectivity index (χ1n) is 10.7. The summed E-state index contributed by atoms with van der Waals surface area (Å²) in [6.07, 6.45) is 8.37. The first-order chi connectivity index (χ1) is 16.6. The van der Waals surface area contributed by atoms with E-state index in [0.29, 0.717) is 23.2 Å². The highest BCUT2D eigenvalue weighted by molar-refractivity contribution is 6.35. The minimum atomic E-state index is -0.278. The molecule has 3 aromatic carbocycles. The van der Waals surface area contributed by atoms with Crippen LogP contribution in [0, 0.1) is 0 Å². The summed E-state index contributed by atoms with van der Waals surface area (Å²) in [5.74, 6) is -0.180. The van der Waals surface area contributed by atoms with E-state index in [0.717, 1.165) is 22.4 Å². The lowest BCUT2D eigenvalue weighted by Crippen LogP contribution is -2.12. The summed E-state index contributed by atoms with van der Waals surface area (Å²) in [4.78, 5) is 16.2. The summed E-state index contributed by atoms with van der Waals surface area (Å²) >= 11 is 12.5. The molecule has 0 aliphatic carbocycles. The largest absolute Gasteiger partial charge is 0.367 e. The second-order valence-corrected chi connectivity index (χ2v) is 8.50. The molecule has 1 amide bonds. The van der Waals surface area contributed by atoms with Gasteiger partial charge in [0.2, 0.25) is 5.91 Å². The van der Waals surface area contributed by atoms with Crippen LogP contribution in [0.4, 0.5) is 5.69 Å². The Morgan fingerprint density at radius 2 is 1.85 bits per heavy atom. The van der Waals surface area contributed by atoms with Crippen LogP contribution in [-0.2, 0) is 22.7 Å². The molecular formula is C27H23Cl2N3O2. The standard InChI is InChI=1S/C27H23Cl2N3O2/c28-22-11-12-24(25(29)16-22)26(17-32-15-14-30-19-32)34-18-21-8-6-20(7-9-21)10-13-27(33)31-23-4-2-1-3-5-23/h1-16,19,26H,17-18H2,(H,31,33)/b13-10+. The summed E-state index contributed by atoms with van der Waals surface area (Å²) in [6, 6.07) is 22.6. The van der Waals surface area contributed by atoms with Gasteiger partial charge in [0.05, 0.1) is 19.5 Å². The molecule has 0 radical (unpaired) electrons. The number of carbonyl (C=O) groups is 1. The molecule has 172 valence electrons. The van der Waals surface area contributed by atoms with Gasteiger partial charge in [-0.2, -0.15) is 0 Å². The highest BCUT2D eigenvalue weighted by Crippen LogP contribution is 2.30. The molecule has 5 nitrogen and oxygen atoms in total. The molecule has 0 aliphatic heterocycles. The lowest BCUT2D eigenvalue weighted by molar-refractivity contribution is -0.111. The highest BCUT2D eigenvalue weighted by Gasteiger charge is 2.17. The number of carbonyl (C=O) groups excluding carboxylic acids is 1. The number of rotatable bonds is 9. The summed E-state index contributed by atoms with van der Waals surface area (Å²) in [5.41, 5.74) is 3.55. The van der Waals surface area contributed by atoms with E-state index >= 15 is 0 Å². The molecule has 0 spiro atoms. The monoisotopic (exact) mass is 491 g/mol. The molecule has 7 heteroatoms. The zero-order valence-corrected chi connectivity index (χ0v) is 19.8. The average molecular weight is 492 g/mol. The van der Waals surface area contributed by atoms with E-state index in [1.165, 1.54) is 6.08 Å². The van der Waals surface area contributed by atoms with Crippen molar-refractivity contribution in [3.8, 4) is 0 Å². The summed E-state index contributed by atoms with van der Waals surface area (Å²) in [5, 5.41) is 3.97. The number of imidazole rings is 1. The second-order valence-electron chi connectivity index (χ2n) is 7.66. The Labute approximate surface area is 208 Å². The molecule has 1 N–H and O–H groups in total. The maximum absolute atomic E-state index is 12.1. The van der Waals surface area contributed by atoms with E-state index < -0.39 is 0 Å². The fourth-order valence-corrected chi connectivity index (χ4v) is 3.92. The van der Waals surface area contributed by atoms with E-state index in [2.05, 4.69) is 10.3 Å². The van der Waals surface area contributed by atoms with Gasteiger partial charge in [0, 0.05) is 39.8 Å². The fourth-order valence-electron chi connectivity index (χ4n) is 3.39. The van der Waals surface area contributed by atoms with Crippen molar-refractivity contribution in [3.63, 3.8) is 0 Å². The van der Waals surface area contributed by atoms with Crippen LogP contribution in [0.2, 0.25) is 10.0 Å². The van der Waals surface area contributed by atoms with Gasteiger partial charge in [-0.25, -0.2) is 4.98 Å². The number of anilines is 1. The van der Waals surface area contributed by atoms with Gasteiger partial charge in [0.25, 0.3) is 0 Å². The normalized spacial score (nSPS) is 12.1. The van der Waals surface area contributed by atoms with E-state index in [1.54, 1.807) is 24.7 Å². The third-order valence-corrected chi connectivity index (χ3v) is 5.71. The number of para-hydroxylation sites is 1. The van der Waals surface area contributed by atoms with Gasteiger partial charge in [0.1, 0.15) is 6.10 Å². The van der Waals surface area contributed by atoms with Crippen molar-refractivity contribution in [1.82, 2.24) is 9.55 Å². The molecule has 34 heavy (non-hydrogen) atoms. The average Bonchev–Trinajstić information content (AvgIpc) is 3.35. The van der Waals surface area contributed by atoms with Crippen molar-refractivity contribution in [2.45, 2.75) is 19.3 Å². The second kappa shape index (κ2) is 11.7. The van der Waals surface area contributed by atoms with Crippen LogP contribution in [0.3, 0.4) is 0 Å². The zero-order valence-electron chi connectivity index (χ0n) is 18.3. The molecule has 1 unspecified atom stereocenters. The Morgan fingerprint density at radius 1 is 1.06 bits per heavy atom. The first kappa shape index (κ1) is 23.8. The van der Waals surface area contributed by atoms with Crippen LogP contribution in [0.1, 0.15) is 22.8 Å². The van der Waals surface area contributed by atoms with Gasteiger partial charge in [-0.15, -0.1) is 0 Å². The van der Waals surface area contributed by atoms with Gasteiger partial charge in [0.15, 0.2) is 0 Å². The Balaban J connectivity index is 1.38. The molecule has 0 bridgehead atoms. The van der Waals surface area contributed by atoms with E-state index in [4.69, 9.17) is 27.9 Å². The Hall–Kier alpha value is -3.38. The van der Waals surface area contributed by atoms with E-state index in [9.17, 15) is 4.79 Å². The van der Waals surface area contributed by atoms with Gasteiger partial charge in [-0.1, -0.05) is 71.7 Å². The van der Waals surface area contributed by atoms with Gasteiger partial charge < -0.3 is 14.6 Å². The van der Waals surface area contributed by atoms with Crippen LogP contribution in [0.15, 0.2) is 97.6 Å². The third-order valence-electron chi connectivity index (χ3n) is 5.14. The number of nitrogens with zero attached hydrogens (tertiary/aromatic N) is 2. The molecule has 0 aliphatic rings. The number of nitrogens with one attached hydrogen (secondary N) is 1. The smallest absolute Gasteiger partial charge is 0.248 e. The minimum absolute atomic E-state index is 0.180. The predicted molar refractivity (Wildman–Crippen MR) is 137 cm³/mol. The van der Waals surface area contributed by atoms with Crippen molar-refractivity contribution in [2.75, 3.05) is 5.32 Å². The molecule has 0 fully saturated rings. The van der Waals surface area contributed by atoms with Crippen molar-refractivity contribution in [3.05, 3.63) is 124 Å². The van der Waals surface area contributed by atoms with Crippen molar-refractivity contribution in [2.24, 2.45) is 0 Å². The summed E-state index contributed by atoms with van der Waals surface area (Å²) in [6.45, 7) is 0.968. The maximum atomic E-state index is 12.1. The number of hydrogen-bond donors (Lipinski definition) is 1. The lowest BCUT2D eigenvalue weighted by atomic mass is 10.1. The molecule has 0 saturated carbocycles. The molecule has 4 rings (SSSR count). The van der Waals surface area contributed by atoms with Gasteiger partial charge >= 0.3 is 0 Å². The quantitative estimate of drug-likeness (QED) is 0.262. The SMILES string of the molecule is O=C(/C=C/c1ccc(COC(Cn2ccnc2)c2ccc(Cl)cc2Cl)cc1)Nc1ccccc1. The first-order valence-corrected chi connectivity index (χ1v) is 11.5. The van der Waals surface area contributed by atoms with Crippen molar-refractivity contribution in [1.29, 1.82) is 0 Å². The van der Waals surface area contributed by atoms with E-state index in [-0.39, 0.29) is 12.0 Å². The Morgan fingerprint density at radius 3 is 2.56 bits per heavy atom. The molecule has 1 heterocycles. The van der Waals surface area contributed by atoms with Crippen molar-refractivity contribution >= 4 is 40.9 Å². The number of ether oxygens (including phenoxy) is 1. The lowest BCUT2D eigenvalue weighted by Gasteiger charge is -2.20. The third kappa shape index (κ3) is 6.81. The Kier molecular flexibility index (Phi) is 8.15. The number of hydrogen-bond acceptors (Lipinski definition) is 3. The van der Waals surface area contributed by atoms with Crippen LogP contribution >= 0.6 is 23.2 Å². The van der Waals surface area contributed by atoms with E-state index in [1.807, 2.05) is 77.5 Å². The number of aromatic nitrogens is 2. The fraction of sp³-hybridized carbons (Fsp3) is 0.111. The van der Waals surface area contributed by atoms with Crippen LogP contribution in [-0.4, -0.2) is 15.5 Å². The topological polar surface area (TPSA) is 56.2 Å². The highest BCUT2D eigenvalue weighted by atomic mass is 35.5. The maximum Gasteiger partial charge on any atom is 0.248 e. The Bertz CT molecular complexity index is 1240. The molecule has 0 saturated heterocycles. The van der Waals surface area contributed by atoms with Crippen LogP contribution < -0.4 is 5.32 Å².